The smallest absolute Gasteiger partial charge is 0.190 e. The van der Waals surface area contributed by atoms with Crippen molar-refractivity contribution in [2.75, 3.05) is 6.61 Å². The second-order valence-corrected chi connectivity index (χ2v) is 4.64. The Morgan fingerprint density at radius 2 is 2.00 bits per heavy atom. The van der Waals surface area contributed by atoms with Crippen LogP contribution in [-0.2, 0) is 4.79 Å². The molecule has 2 rings (SSSR count). The molecular weight excluding hydrogens is 228 g/mol. The van der Waals surface area contributed by atoms with Crippen LogP contribution in [0.2, 0.25) is 0 Å². The summed E-state index contributed by atoms with van der Waals surface area (Å²) in [7, 11) is 0. The second kappa shape index (κ2) is 6.43. The zero-order valence-corrected chi connectivity index (χ0v) is 10.9. The minimum atomic E-state index is -0.429. The van der Waals surface area contributed by atoms with Crippen molar-refractivity contribution in [3.05, 3.63) is 24.3 Å². The first-order valence-corrected chi connectivity index (χ1v) is 6.72. The number of para-hydroxylation sites is 2. The van der Waals surface area contributed by atoms with Crippen LogP contribution in [0.3, 0.4) is 0 Å². The van der Waals surface area contributed by atoms with Crippen molar-refractivity contribution >= 4 is 5.78 Å². The Kier molecular flexibility index (Phi) is 4.62. The SMILES string of the molecule is CCCCCCC(=O)C1COc2ccccc2O1. The number of ether oxygens (including phenoxy) is 2. The van der Waals surface area contributed by atoms with Gasteiger partial charge in [-0.05, 0) is 18.6 Å². The van der Waals surface area contributed by atoms with Gasteiger partial charge in [-0.3, -0.25) is 4.79 Å². The van der Waals surface area contributed by atoms with Gasteiger partial charge in [0.05, 0.1) is 0 Å². The Hall–Kier alpha value is -1.51. The molecule has 1 aliphatic rings. The lowest BCUT2D eigenvalue weighted by molar-refractivity contribution is -0.128. The summed E-state index contributed by atoms with van der Waals surface area (Å²) >= 11 is 0. The van der Waals surface area contributed by atoms with Crippen molar-refractivity contribution in [2.24, 2.45) is 0 Å². The number of Topliss-reactive ketones (excluding diaryl/α,β-unsaturated/α-hetero) is 1. The van der Waals surface area contributed by atoms with E-state index in [2.05, 4.69) is 6.92 Å². The van der Waals surface area contributed by atoms with E-state index in [-0.39, 0.29) is 5.78 Å². The van der Waals surface area contributed by atoms with Gasteiger partial charge in [0.15, 0.2) is 23.4 Å². The van der Waals surface area contributed by atoms with Crippen LogP contribution in [0.1, 0.15) is 39.0 Å². The summed E-state index contributed by atoms with van der Waals surface area (Å²) in [6, 6.07) is 7.48. The molecule has 18 heavy (non-hydrogen) atoms. The first kappa shape index (κ1) is 12.9. The van der Waals surface area contributed by atoms with Crippen LogP contribution in [0.4, 0.5) is 0 Å². The molecule has 1 heterocycles. The maximum absolute atomic E-state index is 12.0. The van der Waals surface area contributed by atoms with Crippen molar-refractivity contribution in [1.82, 2.24) is 0 Å². The maximum Gasteiger partial charge on any atom is 0.190 e. The molecule has 3 nitrogen and oxygen atoms in total. The quantitative estimate of drug-likeness (QED) is 0.724. The van der Waals surface area contributed by atoms with Crippen LogP contribution in [0.5, 0.6) is 11.5 Å². The minimum Gasteiger partial charge on any atom is -0.485 e. The van der Waals surface area contributed by atoms with Gasteiger partial charge < -0.3 is 9.47 Å². The third-order valence-corrected chi connectivity index (χ3v) is 3.14. The van der Waals surface area contributed by atoms with E-state index in [1.807, 2.05) is 24.3 Å². The van der Waals surface area contributed by atoms with Crippen molar-refractivity contribution < 1.29 is 14.3 Å². The Bertz CT molecular complexity index is 400. The molecule has 0 spiro atoms. The van der Waals surface area contributed by atoms with Crippen molar-refractivity contribution in [1.29, 1.82) is 0 Å². The zero-order valence-electron chi connectivity index (χ0n) is 10.9. The molecule has 98 valence electrons. The van der Waals surface area contributed by atoms with Gasteiger partial charge in [-0.15, -0.1) is 0 Å². The van der Waals surface area contributed by atoms with Gasteiger partial charge in [0.2, 0.25) is 0 Å². The highest BCUT2D eigenvalue weighted by molar-refractivity contribution is 5.83. The average Bonchev–Trinajstić information content (AvgIpc) is 2.43. The largest absolute Gasteiger partial charge is 0.485 e. The van der Waals surface area contributed by atoms with Crippen LogP contribution >= 0.6 is 0 Å². The Balaban J connectivity index is 1.83. The van der Waals surface area contributed by atoms with E-state index >= 15 is 0 Å². The molecule has 0 N–H and O–H groups in total. The number of benzene rings is 1. The van der Waals surface area contributed by atoms with Gasteiger partial charge in [-0.25, -0.2) is 0 Å². The van der Waals surface area contributed by atoms with Crippen molar-refractivity contribution in [3.63, 3.8) is 0 Å². The van der Waals surface area contributed by atoms with E-state index < -0.39 is 6.10 Å². The lowest BCUT2D eigenvalue weighted by Gasteiger charge is -2.25. The fourth-order valence-corrected chi connectivity index (χ4v) is 2.07. The highest BCUT2D eigenvalue weighted by atomic mass is 16.6. The average molecular weight is 248 g/mol. The number of unbranched alkanes of at least 4 members (excludes halogenated alkanes) is 3. The van der Waals surface area contributed by atoms with Gasteiger partial charge in [0.25, 0.3) is 0 Å². The Morgan fingerprint density at radius 3 is 2.78 bits per heavy atom. The van der Waals surface area contributed by atoms with Crippen LogP contribution < -0.4 is 9.47 Å². The molecule has 0 saturated heterocycles. The molecule has 0 aliphatic carbocycles. The summed E-state index contributed by atoms with van der Waals surface area (Å²) < 4.78 is 11.2. The molecule has 0 saturated carbocycles. The fourth-order valence-electron chi connectivity index (χ4n) is 2.07. The third kappa shape index (κ3) is 3.25. The standard InChI is InChI=1S/C15H20O3/c1-2-3-4-5-8-12(16)15-11-17-13-9-6-7-10-14(13)18-15/h6-7,9-10,15H,2-5,8,11H2,1H3. The highest BCUT2D eigenvalue weighted by Crippen LogP contribution is 2.31. The monoisotopic (exact) mass is 248 g/mol. The summed E-state index contributed by atoms with van der Waals surface area (Å²) in [6.07, 6.45) is 4.61. The number of hydrogen-bond donors (Lipinski definition) is 0. The highest BCUT2D eigenvalue weighted by Gasteiger charge is 2.26. The normalized spacial score (nSPS) is 17.5. The summed E-state index contributed by atoms with van der Waals surface area (Å²) in [6.45, 7) is 2.50. The summed E-state index contributed by atoms with van der Waals surface area (Å²) in [5, 5.41) is 0. The molecule has 1 aliphatic heterocycles. The summed E-state index contributed by atoms with van der Waals surface area (Å²) in [5.74, 6) is 1.56. The molecule has 1 aromatic rings. The number of hydrogen-bond acceptors (Lipinski definition) is 3. The first-order valence-electron chi connectivity index (χ1n) is 6.72. The number of fused-ring (bicyclic) bond motifs is 1. The zero-order chi connectivity index (χ0) is 12.8. The minimum absolute atomic E-state index is 0.153. The van der Waals surface area contributed by atoms with Crippen molar-refractivity contribution in [3.8, 4) is 11.5 Å². The molecular formula is C15H20O3. The molecule has 1 unspecified atom stereocenters. The first-order chi connectivity index (χ1) is 8.81. The number of rotatable bonds is 6. The van der Waals surface area contributed by atoms with E-state index in [9.17, 15) is 4.79 Å². The number of ketones is 1. The fraction of sp³-hybridized carbons (Fsp3) is 0.533. The molecule has 0 fully saturated rings. The maximum atomic E-state index is 12.0. The van der Waals surface area contributed by atoms with Gasteiger partial charge in [-0.1, -0.05) is 38.3 Å². The molecule has 0 aromatic heterocycles. The van der Waals surface area contributed by atoms with E-state index in [0.717, 1.165) is 18.6 Å². The Labute approximate surface area is 108 Å². The number of carbonyl (C=O) groups excluding carboxylic acids is 1. The van der Waals surface area contributed by atoms with Gasteiger partial charge in [-0.2, -0.15) is 0 Å². The van der Waals surface area contributed by atoms with Gasteiger partial charge in [0.1, 0.15) is 6.61 Å². The molecule has 0 radical (unpaired) electrons. The molecule has 0 amide bonds. The second-order valence-electron chi connectivity index (χ2n) is 4.64. The predicted molar refractivity (Wildman–Crippen MR) is 70.1 cm³/mol. The summed E-state index contributed by atoms with van der Waals surface area (Å²) in [4.78, 5) is 12.0. The molecule has 1 aromatic carbocycles. The van der Waals surface area contributed by atoms with E-state index in [1.165, 1.54) is 12.8 Å². The third-order valence-electron chi connectivity index (χ3n) is 3.14. The van der Waals surface area contributed by atoms with Crippen LogP contribution in [0, 0.1) is 0 Å². The van der Waals surface area contributed by atoms with Crippen LogP contribution in [0.15, 0.2) is 24.3 Å². The summed E-state index contributed by atoms with van der Waals surface area (Å²) in [5.41, 5.74) is 0. The van der Waals surface area contributed by atoms with E-state index in [4.69, 9.17) is 9.47 Å². The lowest BCUT2D eigenvalue weighted by atomic mass is 10.1. The Morgan fingerprint density at radius 1 is 1.22 bits per heavy atom. The van der Waals surface area contributed by atoms with Gasteiger partial charge in [0, 0.05) is 6.42 Å². The molecule has 0 bridgehead atoms. The molecule has 3 heteroatoms. The topological polar surface area (TPSA) is 35.5 Å². The lowest BCUT2D eigenvalue weighted by Crippen LogP contribution is -2.36. The van der Waals surface area contributed by atoms with Gasteiger partial charge >= 0.3 is 0 Å². The molecule has 1 atom stereocenters. The number of carbonyl (C=O) groups is 1. The van der Waals surface area contributed by atoms with Crippen LogP contribution in [-0.4, -0.2) is 18.5 Å². The van der Waals surface area contributed by atoms with Crippen LogP contribution in [0.25, 0.3) is 0 Å². The van der Waals surface area contributed by atoms with E-state index in [1.54, 1.807) is 0 Å². The van der Waals surface area contributed by atoms with Crippen molar-refractivity contribution in [2.45, 2.75) is 45.1 Å². The predicted octanol–water partition coefficient (Wildman–Crippen LogP) is 3.37. The van der Waals surface area contributed by atoms with E-state index in [0.29, 0.717) is 18.8 Å².